The van der Waals surface area contributed by atoms with Crippen molar-refractivity contribution in [3.63, 3.8) is 0 Å². The van der Waals surface area contributed by atoms with Crippen LogP contribution in [-0.4, -0.2) is 31.8 Å². The van der Waals surface area contributed by atoms with Gasteiger partial charge in [0.25, 0.3) is 0 Å². The number of hydrogen-bond acceptors (Lipinski definition) is 4. The Labute approximate surface area is 124 Å². The molecule has 112 valence electrons. The van der Waals surface area contributed by atoms with Crippen LogP contribution in [0.4, 0.5) is 5.69 Å². The molecular weight excluding hydrogens is 290 g/mol. The van der Waals surface area contributed by atoms with Gasteiger partial charge in [0.2, 0.25) is 10.0 Å². The highest BCUT2D eigenvalue weighted by atomic mass is 32.2. The first-order valence-corrected chi connectivity index (χ1v) is 8.08. The zero-order chi connectivity index (χ0) is 15.3. The third kappa shape index (κ3) is 3.96. The van der Waals surface area contributed by atoms with Gasteiger partial charge in [-0.05, 0) is 29.8 Å². The fourth-order valence-corrected chi connectivity index (χ4v) is 3.57. The number of hydrogen-bond donors (Lipinski definition) is 2. The van der Waals surface area contributed by atoms with Crippen LogP contribution in [0.5, 0.6) is 5.75 Å². The van der Waals surface area contributed by atoms with E-state index in [1.54, 1.807) is 24.3 Å². The fourth-order valence-electron chi connectivity index (χ4n) is 2.00. The third-order valence-electron chi connectivity index (χ3n) is 2.97. The summed E-state index contributed by atoms with van der Waals surface area (Å²) in [4.78, 5) is 0. The van der Waals surface area contributed by atoms with Crippen molar-refractivity contribution in [1.82, 2.24) is 0 Å². The Morgan fingerprint density at radius 3 is 2.14 bits per heavy atom. The molecule has 0 fully saturated rings. The third-order valence-corrected chi connectivity index (χ3v) is 4.73. The lowest BCUT2D eigenvalue weighted by molar-refractivity contribution is 0.306. The summed E-state index contributed by atoms with van der Waals surface area (Å²) in [5.74, 6) is -0.0857. The molecule has 2 aromatic carbocycles. The normalized spacial score (nSPS) is 11.3. The molecule has 0 unspecified atom stereocenters. The molecular formula is C15H17NO4S. The maximum atomic E-state index is 12.5. The molecule has 0 aliphatic heterocycles. The number of phenolic OH excluding ortho intramolecular Hbond substituents is 1. The number of anilines is 1. The van der Waals surface area contributed by atoms with Gasteiger partial charge in [0.05, 0.1) is 24.6 Å². The van der Waals surface area contributed by atoms with Gasteiger partial charge in [-0.1, -0.05) is 30.3 Å². The molecule has 0 heterocycles. The number of benzene rings is 2. The second-order valence-electron chi connectivity index (χ2n) is 4.55. The number of aromatic hydroxyl groups is 1. The van der Waals surface area contributed by atoms with Gasteiger partial charge in [-0.3, -0.25) is 4.31 Å². The first-order valence-electron chi connectivity index (χ1n) is 6.47. The Kier molecular flexibility index (Phi) is 4.82. The highest BCUT2D eigenvalue weighted by Gasteiger charge is 2.22. The van der Waals surface area contributed by atoms with Crippen molar-refractivity contribution in [2.45, 2.75) is 5.75 Å². The van der Waals surface area contributed by atoms with Crippen LogP contribution in [0.3, 0.4) is 0 Å². The van der Waals surface area contributed by atoms with E-state index in [4.69, 9.17) is 5.11 Å². The maximum Gasteiger partial charge on any atom is 0.239 e. The van der Waals surface area contributed by atoms with Crippen LogP contribution in [0.2, 0.25) is 0 Å². The van der Waals surface area contributed by atoms with Crippen LogP contribution in [0.1, 0.15) is 5.56 Å². The molecule has 6 heteroatoms. The first-order chi connectivity index (χ1) is 10.0. The van der Waals surface area contributed by atoms with E-state index in [1.807, 2.05) is 6.07 Å². The molecule has 2 rings (SSSR count). The van der Waals surface area contributed by atoms with E-state index in [2.05, 4.69) is 0 Å². The molecule has 0 aliphatic carbocycles. The van der Waals surface area contributed by atoms with E-state index in [9.17, 15) is 13.5 Å². The minimum atomic E-state index is -3.61. The zero-order valence-corrected chi connectivity index (χ0v) is 12.2. The Morgan fingerprint density at radius 2 is 1.57 bits per heavy atom. The van der Waals surface area contributed by atoms with Crippen LogP contribution in [0.15, 0.2) is 54.6 Å². The summed E-state index contributed by atoms with van der Waals surface area (Å²) in [5, 5.41) is 18.4. The Balaban J connectivity index is 2.30. The van der Waals surface area contributed by atoms with Crippen molar-refractivity contribution in [3.05, 3.63) is 60.2 Å². The Bertz CT molecular complexity index is 669. The minimum Gasteiger partial charge on any atom is -0.508 e. The number of aliphatic hydroxyl groups is 1. The van der Waals surface area contributed by atoms with E-state index in [1.165, 1.54) is 24.3 Å². The van der Waals surface area contributed by atoms with Crippen LogP contribution in [-0.2, 0) is 15.8 Å². The van der Waals surface area contributed by atoms with Crippen molar-refractivity contribution >= 4 is 15.7 Å². The molecule has 2 aromatic rings. The highest BCUT2D eigenvalue weighted by molar-refractivity contribution is 7.92. The molecule has 0 bridgehead atoms. The van der Waals surface area contributed by atoms with Crippen LogP contribution >= 0.6 is 0 Å². The molecule has 0 radical (unpaired) electrons. The van der Waals surface area contributed by atoms with Gasteiger partial charge in [-0.15, -0.1) is 0 Å². The number of rotatable bonds is 6. The highest BCUT2D eigenvalue weighted by Crippen LogP contribution is 2.23. The Hall–Kier alpha value is -2.05. The number of nitrogens with zero attached hydrogens (tertiary/aromatic N) is 1. The van der Waals surface area contributed by atoms with E-state index in [0.29, 0.717) is 11.3 Å². The largest absolute Gasteiger partial charge is 0.508 e. The fraction of sp³-hybridized carbons (Fsp3) is 0.200. The van der Waals surface area contributed by atoms with E-state index in [0.717, 1.165) is 4.31 Å². The standard InChI is InChI=1S/C15H17NO4S/c17-11-10-16(14-6-8-15(18)9-7-14)21(19,20)12-13-4-2-1-3-5-13/h1-9,17-18H,10-12H2. The van der Waals surface area contributed by atoms with Crippen molar-refractivity contribution in [3.8, 4) is 5.75 Å². The number of sulfonamides is 1. The molecule has 0 aliphatic rings. The smallest absolute Gasteiger partial charge is 0.239 e. The zero-order valence-electron chi connectivity index (χ0n) is 11.4. The lowest BCUT2D eigenvalue weighted by Gasteiger charge is -2.23. The maximum absolute atomic E-state index is 12.5. The molecule has 0 spiro atoms. The average Bonchev–Trinajstić information content (AvgIpc) is 2.46. The summed E-state index contributed by atoms with van der Waals surface area (Å²) in [7, 11) is -3.61. The molecule has 21 heavy (non-hydrogen) atoms. The van der Waals surface area contributed by atoms with E-state index >= 15 is 0 Å². The van der Waals surface area contributed by atoms with Crippen molar-refractivity contribution in [2.75, 3.05) is 17.5 Å². The lowest BCUT2D eigenvalue weighted by Crippen LogP contribution is -2.34. The van der Waals surface area contributed by atoms with Crippen LogP contribution < -0.4 is 4.31 Å². The molecule has 2 N–H and O–H groups in total. The van der Waals surface area contributed by atoms with Gasteiger partial charge < -0.3 is 10.2 Å². The lowest BCUT2D eigenvalue weighted by atomic mass is 10.2. The Morgan fingerprint density at radius 1 is 0.952 bits per heavy atom. The van der Waals surface area contributed by atoms with E-state index < -0.39 is 10.0 Å². The summed E-state index contributed by atoms with van der Waals surface area (Å²) >= 11 is 0. The minimum absolute atomic E-state index is 0.0278. The molecule has 0 saturated heterocycles. The van der Waals surface area contributed by atoms with Gasteiger partial charge in [0.15, 0.2) is 0 Å². The number of aliphatic hydroxyl groups excluding tert-OH is 1. The van der Waals surface area contributed by atoms with Gasteiger partial charge in [0, 0.05) is 0 Å². The van der Waals surface area contributed by atoms with Crippen molar-refractivity contribution < 1.29 is 18.6 Å². The summed E-state index contributed by atoms with van der Waals surface area (Å²) in [6, 6.07) is 14.7. The van der Waals surface area contributed by atoms with E-state index in [-0.39, 0.29) is 24.7 Å². The summed E-state index contributed by atoms with van der Waals surface area (Å²) in [5.41, 5.74) is 1.09. The molecule has 0 aromatic heterocycles. The summed E-state index contributed by atoms with van der Waals surface area (Å²) in [6.07, 6.45) is 0. The summed E-state index contributed by atoms with van der Waals surface area (Å²) in [6.45, 7) is -0.311. The van der Waals surface area contributed by atoms with Crippen molar-refractivity contribution in [1.29, 1.82) is 0 Å². The topological polar surface area (TPSA) is 77.8 Å². The predicted octanol–water partition coefficient (Wildman–Crippen LogP) is 1.72. The van der Waals surface area contributed by atoms with Gasteiger partial charge in [0.1, 0.15) is 5.75 Å². The van der Waals surface area contributed by atoms with Crippen LogP contribution in [0, 0.1) is 0 Å². The second-order valence-corrected chi connectivity index (χ2v) is 6.45. The molecule has 5 nitrogen and oxygen atoms in total. The predicted molar refractivity (Wildman–Crippen MR) is 81.6 cm³/mol. The van der Waals surface area contributed by atoms with Crippen LogP contribution in [0.25, 0.3) is 0 Å². The molecule has 0 amide bonds. The average molecular weight is 307 g/mol. The number of phenols is 1. The van der Waals surface area contributed by atoms with Gasteiger partial charge in [-0.2, -0.15) is 0 Å². The second kappa shape index (κ2) is 6.60. The summed E-state index contributed by atoms with van der Waals surface area (Å²) < 4.78 is 26.2. The molecule has 0 saturated carbocycles. The quantitative estimate of drug-likeness (QED) is 0.852. The van der Waals surface area contributed by atoms with Gasteiger partial charge >= 0.3 is 0 Å². The molecule has 0 atom stereocenters. The monoisotopic (exact) mass is 307 g/mol. The van der Waals surface area contributed by atoms with Gasteiger partial charge in [-0.25, -0.2) is 8.42 Å². The SMILES string of the molecule is O=S(=O)(Cc1ccccc1)N(CCO)c1ccc(O)cc1. The first kappa shape index (κ1) is 15.3. The van der Waals surface area contributed by atoms with Crippen molar-refractivity contribution in [2.24, 2.45) is 0 Å².